The van der Waals surface area contributed by atoms with E-state index in [1.807, 2.05) is 0 Å². The van der Waals surface area contributed by atoms with E-state index in [-0.39, 0.29) is 0 Å². The molecule has 0 aromatic heterocycles. The van der Waals surface area contributed by atoms with Crippen LogP contribution in [-0.4, -0.2) is 48.6 Å². The van der Waals surface area contributed by atoms with E-state index in [9.17, 15) is 0 Å². The molecule has 3 heteroatoms. The molecule has 0 saturated carbocycles. The highest BCUT2D eigenvalue weighted by Crippen LogP contribution is 2.29. The van der Waals surface area contributed by atoms with Crippen molar-refractivity contribution < 1.29 is 0 Å². The lowest BCUT2D eigenvalue weighted by atomic mass is 9.84. The Kier molecular flexibility index (Phi) is 6.32. The molecule has 1 N–H and O–H groups in total. The lowest BCUT2D eigenvalue weighted by Gasteiger charge is -2.41. The van der Waals surface area contributed by atoms with Crippen molar-refractivity contribution in [2.75, 3.05) is 33.2 Å². The van der Waals surface area contributed by atoms with Crippen LogP contribution in [0.1, 0.15) is 40.5 Å². The van der Waals surface area contributed by atoms with Gasteiger partial charge in [-0.3, -0.25) is 0 Å². The average Bonchev–Trinajstić information content (AvgIpc) is 2.15. The second-order valence-electron chi connectivity index (χ2n) is 6.04. The molecule has 0 aromatic rings. The maximum atomic E-state index is 3.37. The minimum atomic E-state index is 0.435. The summed E-state index contributed by atoms with van der Waals surface area (Å²) in [6, 6.07) is 0. The van der Waals surface area contributed by atoms with Crippen molar-refractivity contribution in [2.45, 2.75) is 51.0 Å². The van der Waals surface area contributed by atoms with Crippen LogP contribution in [0, 0.1) is 5.41 Å². The largest absolute Gasteiger partial charge is 0.319 e. The van der Waals surface area contributed by atoms with Crippen LogP contribution in [0.15, 0.2) is 0 Å². The van der Waals surface area contributed by atoms with Gasteiger partial charge < -0.3 is 10.2 Å². The van der Waals surface area contributed by atoms with Gasteiger partial charge in [-0.15, -0.1) is 0 Å². The Hall–Kier alpha value is 0.270. The number of rotatable bonds is 6. The normalized spacial score (nSPS) is 30.2. The molecule has 0 spiro atoms. The second kappa shape index (κ2) is 7.01. The summed E-state index contributed by atoms with van der Waals surface area (Å²) in [4.78, 5) is 2.68. The summed E-state index contributed by atoms with van der Waals surface area (Å²) >= 11 is 2.14. The van der Waals surface area contributed by atoms with Crippen LogP contribution in [0.25, 0.3) is 0 Å². The number of thioether (sulfide) groups is 1. The molecule has 1 aliphatic heterocycles. The Morgan fingerprint density at radius 1 is 1.29 bits per heavy atom. The highest BCUT2D eigenvalue weighted by molar-refractivity contribution is 8.00. The third-order valence-corrected chi connectivity index (χ3v) is 4.79. The lowest BCUT2D eigenvalue weighted by molar-refractivity contribution is 0.150. The van der Waals surface area contributed by atoms with Crippen LogP contribution < -0.4 is 5.32 Å². The molecule has 3 atom stereocenters. The van der Waals surface area contributed by atoms with E-state index in [1.165, 1.54) is 32.5 Å². The van der Waals surface area contributed by atoms with Crippen molar-refractivity contribution >= 4 is 11.8 Å². The van der Waals surface area contributed by atoms with E-state index in [4.69, 9.17) is 0 Å². The Morgan fingerprint density at radius 3 is 2.35 bits per heavy atom. The molecule has 1 aliphatic rings. The van der Waals surface area contributed by atoms with Gasteiger partial charge in [0.1, 0.15) is 0 Å². The van der Waals surface area contributed by atoms with Crippen LogP contribution in [-0.2, 0) is 0 Å². The summed E-state index contributed by atoms with van der Waals surface area (Å²) < 4.78 is 0. The first-order chi connectivity index (χ1) is 7.99. The molecule has 0 bridgehead atoms. The van der Waals surface area contributed by atoms with Gasteiger partial charge in [-0.05, 0) is 18.9 Å². The van der Waals surface area contributed by atoms with Crippen molar-refractivity contribution in [1.29, 1.82) is 0 Å². The predicted molar refractivity (Wildman–Crippen MR) is 79.9 cm³/mol. The molecule has 102 valence electrons. The van der Waals surface area contributed by atoms with E-state index < -0.39 is 0 Å². The Balaban J connectivity index is 2.53. The van der Waals surface area contributed by atoms with Gasteiger partial charge in [0.2, 0.25) is 0 Å². The van der Waals surface area contributed by atoms with Crippen LogP contribution in [0.2, 0.25) is 0 Å². The Labute approximate surface area is 112 Å². The molecule has 0 radical (unpaired) electrons. The van der Waals surface area contributed by atoms with Crippen molar-refractivity contribution in [2.24, 2.45) is 5.41 Å². The van der Waals surface area contributed by atoms with Crippen LogP contribution >= 0.6 is 11.8 Å². The fraction of sp³-hybridized carbons (Fsp3) is 1.00. The maximum absolute atomic E-state index is 3.37. The minimum absolute atomic E-state index is 0.435. The topological polar surface area (TPSA) is 15.3 Å². The van der Waals surface area contributed by atoms with Gasteiger partial charge in [-0.25, -0.2) is 0 Å². The molecule has 2 nitrogen and oxygen atoms in total. The highest BCUT2D eigenvalue weighted by Gasteiger charge is 2.29. The quantitative estimate of drug-likeness (QED) is 0.789. The van der Waals surface area contributed by atoms with Gasteiger partial charge >= 0.3 is 0 Å². The van der Waals surface area contributed by atoms with E-state index in [1.54, 1.807) is 0 Å². The average molecular weight is 258 g/mol. The van der Waals surface area contributed by atoms with Crippen LogP contribution in [0.4, 0.5) is 0 Å². The Morgan fingerprint density at radius 2 is 1.88 bits per heavy atom. The third kappa shape index (κ3) is 5.19. The molecule has 0 amide bonds. The maximum Gasteiger partial charge on any atom is 0.0149 e. The van der Waals surface area contributed by atoms with E-state index in [2.05, 4.69) is 56.7 Å². The second-order valence-corrected chi connectivity index (χ2v) is 7.92. The molecule has 0 aromatic carbocycles. The molecule has 1 rings (SSSR count). The fourth-order valence-corrected chi connectivity index (χ4v) is 4.59. The fourth-order valence-electron chi connectivity index (χ4n) is 3.21. The molecule has 3 unspecified atom stereocenters. The number of hydrogen-bond acceptors (Lipinski definition) is 3. The summed E-state index contributed by atoms with van der Waals surface area (Å²) in [5.74, 6) is 0. The van der Waals surface area contributed by atoms with E-state index in [0.717, 1.165) is 17.0 Å². The van der Waals surface area contributed by atoms with Crippen molar-refractivity contribution in [3.8, 4) is 0 Å². The van der Waals surface area contributed by atoms with Gasteiger partial charge in [-0.2, -0.15) is 11.8 Å². The van der Waals surface area contributed by atoms with Crippen LogP contribution in [0.3, 0.4) is 0 Å². The molecule has 0 aliphatic carbocycles. The molecule has 17 heavy (non-hydrogen) atoms. The zero-order valence-corrected chi connectivity index (χ0v) is 13.1. The van der Waals surface area contributed by atoms with Crippen LogP contribution in [0.5, 0.6) is 0 Å². The van der Waals surface area contributed by atoms with Crippen molar-refractivity contribution in [3.63, 3.8) is 0 Å². The van der Waals surface area contributed by atoms with Gasteiger partial charge in [-0.1, -0.05) is 34.1 Å². The number of nitrogens with zero attached hydrogens (tertiary/aromatic N) is 1. The first kappa shape index (κ1) is 15.3. The minimum Gasteiger partial charge on any atom is -0.319 e. The summed E-state index contributed by atoms with van der Waals surface area (Å²) in [5, 5.41) is 4.96. The third-order valence-electron chi connectivity index (χ3n) is 3.56. The molecule has 1 fully saturated rings. The van der Waals surface area contributed by atoms with Gasteiger partial charge in [0.05, 0.1) is 0 Å². The first-order valence-electron chi connectivity index (χ1n) is 7.01. The SMILES string of the molecule is CCCC(C)(CNC)CN1CC(C)SC(C)C1. The smallest absolute Gasteiger partial charge is 0.0149 e. The summed E-state index contributed by atoms with van der Waals surface area (Å²) in [6.07, 6.45) is 2.60. The van der Waals surface area contributed by atoms with Gasteiger partial charge in [0.25, 0.3) is 0 Å². The number of nitrogens with one attached hydrogen (secondary N) is 1. The van der Waals surface area contributed by atoms with Crippen molar-refractivity contribution in [3.05, 3.63) is 0 Å². The predicted octanol–water partition coefficient (Wildman–Crippen LogP) is 2.84. The zero-order valence-electron chi connectivity index (χ0n) is 12.3. The summed E-state index contributed by atoms with van der Waals surface area (Å²) in [5.41, 5.74) is 0.435. The molecule has 1 heterocycles. The summed E-state index contributed by atoms with van der Waals surface area (Å²) in [6.45, 7) is 14.4. The standard InChI is InChI=1S/C14H30N2S/c1-6-7-14(4,10-15-5)11-16-8-12(2)17-13(3)9-16/h12-13,15H,6-11H2,1-5H3. The zero-order chi connectivity index (χ0) is 12.9. The first-order valence-corrected chi connectivity index (χ1v) is 7.96. The Bertz CT molecular complexity index is 204. The monoisotopic (exact) mass is 258 g/mol. The molecule has 1 saturated heterocycles. The highest BCUT2D eigenvalue weighted by atomic mass is 32.2. The number of hydrogen-bond donors (Lipinski definition) is 1. The van der Waals surface area contributed by atoms with Crippen molar-refractivity contribution in [1.82, 2.24) is 10.2 Å². The molecular formula is C14H30N2S. The summed E-state index contributed by atoms with van der Waals surface area (Å²) in [7, 11) is 2.07. The van der Waals surface area contributed by atoms with E-state index in [0.29, 0.717) is 5.41 Å². The van der Waals surface area contributed by atoms with Gasteiger partial charge in [0.15, 0.2) is 0 Å². The van der Waals surface area contributed by atoms with E-state index >= 15 is 0 Å². The van der Waals surface area contributed by atoms with Gasteiger partial charge in [0, 0.05) is 36.7 Å². The lowest BCUT2D eigenvalue weighted by Crippen LogP contribution is -2.48. The molecular weight excluding hydrogens is 228 g/mol.